The Morgan fingerprint density at radius 2 is 1.77 bits per heavy atom. The van der Waals surface area contributed by atoms with Gasteiger partial charge in [0.05, 0.1) is 5.69 Å². The number of anilines is 1. The topological polar surface area (TPSA) is 54.3 Å². The third-order valence-electron chi connectivity index (χ3n) is 5.33. The van der Waals surface area contributed by atoms with E-state index in [1.165, 1.54) is 4.90 Å². The Morgan fingerprint density at radius 3 is 2.43 bits per heavy atom. The predicted octanol–water partition coefficient (Wildman–Crippen LogP) is 4.62. The number of benzene rings is 2. The van der Waals surface area contributed by atoms with Crippen LogP contribution < -0.4 is 10.2 Å². The highest BCUT2D eigenvalue weighted by atomic mass is 32.1. The van der Waals surface area contributed by atoms with Gasteiger partial charge >= 0.3 is 0 Å². The lowest BCUT2D eigenvalue weighted by atomic mass is 10.1. The van der Waals surface area contributed by atoms with Crippen molar-refractivity contribution in [2.24, 2.45) is 0 Å². The van der Waals surface area contributed by atoms with Crippen LogP contribution in [-0.2, 0) is 16.0 Å². The summed E-state index contributed by atoms with van der Waals surface area (Å²) in [4.78, 5) is 27.3. The largest absolute Gasteiger partial charge is 0.344 e. The van der Waals surface area contributed by atoms with E-state index in [1.54, 1.807) is 6.08 Å². The zero-order chi connectivity index (χ0) is 21.4. The number of hydrogen-bond donors (Lipinski definition) is 1. The molecule has 2 amide bonds. The van der Waals surface area contributed by atoms with Crippen molar-refractivity contribution in [1.29, 1.82) is 0 Å². The number of nitrogens with zero attached hydrogens (tertiary/aromatic N) is 2. The molecule has 0 saturated carbocycles. The van der Waals surface area contributed by atoms with Crippen molar-refractivity contribution in [3.8, 4) is 0 Å². The number of nitrogens with one attached hydrogen (secondary N) is 1. The molecule has 0 radical (unpaired) electrons. The molecule has 1 aromatic heterocycles. The maximum atomic E-state index is 13.3. The van der Waals surface area contributed by atoms with Gasteiger partial charge in [-0.3, -0.25) is 19.8 Å². The van der Waals surface area contributed by atoms with Crippen LogP contribution in [0.4, 0.5) is 5.69 Å². The van der Waals surface area contributed by atoms with Crippen LogP contribution in [0.5, 0.6) is 0 Å². The lowest BCUT2D eigenvalue weighted by Crippen LogP contribution is -2.54. The SMILES string of the molecule is CCc1ccc(N2C(=O)C(=Cc3cn(C(C)C)c4ccccc34)C(=O)NC2=S)cc1. The molecule has 0 spiro atoms. The minimum atomic E-state index is -0.479. The van der Waals surface area contributed by atoms with Crippen LogP contribution in [0.2, 0.25) is 0 Å². The first-order valence-corrected chi connectivity index (χ1v) is 10.4. The lowest BCUT2D eigenvalue weighted by molar-refractivity contribution is -0.122. The second-order valence-electron chi connectivity index (χ2n) is 7.58. The molecule has 0 bridgehead atoms. The number of thiocarbonyl (C=S) groups is 1. The van der Waals surface area contributed by atoms with E-state index in [4.69, 9.17) is 12.2 Å². The van der Waals surface area contributed by atoms with Crippen LogP contribution >= 0.6 is 12.2 Å². The molecule has 1 aliphatic rings. The van der Waals surface area contributed by atoms with E-state index in [-0.39, 0.29) is 16.7 Å². The molecule has 0 unspecified atom stereocenters. The van der Waals surface area contributed by atoms with E-state index in [9.17, 15) is 9.59 Å². The molecule has 0 atom stereocenters. The second kappa shape index (κ2) is 7.88. The summed E-state index contributed by atoms with van der Waals surface area (Å²) in [5.41, 5.74) is 3.75. The van der Waals surface area contributed by atoms with Crippen molar-refractivity contribution in [2.75, 3.05) is 4.90 Å². The minimum Gasteiger partial charge on any atom is -0.344 e. The van der Waals surface area contributed by atoms with Crippen LogP contribution in [0.25, 0.3) is 17.0 Å². The van der Waals surface area contributed by atoms with Gasteiger partial charge in [-0.15, -0.1) is 0 Å². The van der Waals surface area contributed by atoms with E-state index in [0.29, 0.717) is 5.69 Å². The van der Waals surface area contributed by atoms with Gasteiger partial charge in [0.2, 0.25) is 0 Å². The Labute approximate surface area is 181 Å². The first-order valence-electron chi connectivity index (χ1n) is 10.0. The van der Waals surface area contributed by atoms with E-state index >= 15 is 0 Å². The van der Waals surface area contributed by atoms with Gasteiger partial charge in [-0.1, -0.05) is 37.3 Å². The molecule has 3 aromatic rings. The third kappa shape index (κ3) is 3.44. The molecule has 1 N–H and O–H groups in total. The van der Waals surface area contributed by atoms with Crippen LogP contribution in [0.15, 0.2) is 60.3 Å². The number of hydrogen-bond acceptors (Lipinski definition) is 3. The highest BCUT2D eigenvalue weighted by Gasteiger charge is 2.34. The average molecular weight is 418 g/mol. The van der Waals surface area contributed by atoms with Crippen molar-refractivity contribution < 1.29 is 9.59 Å². The van der Waals surface area contributed by atoms with E-state index in [1.807, 2.05) is 54.7 Å². The first-order chi connectivity index (χ1) is 14.4. The number of para-hydroxylation sites is 1. The van der Waals surface area contributed by atoms with Crippen molar-refractivity contribution in [1.82, 2.24) is 9.88 Å². The summed E-state index contributed by atoms with van der Waals surface area (Å²) < 4.78 is 2.14. The summed E-state index contributed by atoms with van der Waals surface area (Å²) in [7, 11) is 0. The number of amides is 2. The summed E-state index contributed by atoms with van der Waals surface area (Å²) in [6, 6.07) is 15.8. The molecule has 1 saturated heterocycles. The number of fused-ring (bicyclic) bond motifs is 1. The normalized spacial score (nSPS) is 16.1. The maximum absolute atomic E-state index is 13.3. The number of aryl methyl sites for hydroxylation is 1. The Bertz CT molecular complexity index is 1190. The van der Waals surface area contributed by atoms with Crippen LogP contribution in [0.3, 0.4) is 0 Å². The zero-order valence-corrected chi connectivity index (χ0v) is 18.0. The second-order valence-corrected chi connectivity index (χ2v) is 7.97. The third-order valence-corrected chi connectivity index (χ3v) is 5.62. The smallest absolute Gasteiger partial charge is 0.270 e. The summed E-state index contributed by atoms with van der Waals surface area (Å²) >= 11 is 5.30. The van der Waals surface area contributed by atoms with Gasteiger partial charge in [0.15, 0.2) is 5.11 Å². The Kier molecular flexibility index (Phi) is 5.26. The van der Waals surface area contributed by atoms with Gasteiger partial charge in [0, 0.05) is 28.7 Å². The van der Waals surface area contributed by atoms with Gasteiger partial charge < -0.3 is 4.57 Å². The summed E-state index contributed by atoms with van der Waals surface area (Å²) in [5, 5.41) is 3.74. The summed E-state index contributed by atoms with van der Waals surface area (Å²) in [5.74, 6) is -0.901. The van der Waals surface area contributed by atoms with Crippen LogP contribution in [0, 0.1) is 0 Å². The number of rotatable bonds is 4. The molecular weight excluding hydrogens is 394 g/mol. The predicted molar refractivity (Wildman–Crippen MR) is 124 cm³/mol. The van der Waals surface area contributed by atoms with Gasteiger partial charge in [-0.25, -0.2) is 0 Å². The summed E-state index contributed by atoms with van der Waals surface area (Å²) in [6.45, 7) is 6.27. The van der Waals surface area contributed by atoms with Gasteiger partial charge in [-0.05, 0) is 62.3 Å². The minimum absolute atomic E-state index is 0.0647. The van der Waals surface area contributed by atoms with Crippen LogP contribution in [-0.4, -0.2) is 21.5 Å². The van der Waals surface area contributed by atoms with E-state index < -0.39 is 11.8 Å². The van der Waals surface area contributed by atoms with Crippen molar-refractivity contribution in [3.05, 3.63) is 71.4 Å². The fourth-order valence-corrected chi connectivity index (χ4v) is 3.98. The number of aromatic nitrogens is 1. The molecule has 1 fully saturated rings. The Balaban J connectivity index is 1.79. The Morgan fingerprint density at radius 1 is 1.07 bits per heavy atom. The standard InChI is InChI=1S/C24H23N3O2S/c1-4-16-9-11-18(12-10-16)27-23(29)20(22(28)25-24(27)30)13-17-14-26(15(2)3)21-8-6-5-7-19(17)21/h5-15H,4H2,1-3H3,(H,25,28,30). The molecule has 6 heteroatoms. The van der Waals surface area contributed by atoms with Crippen molar-refractivity contribution in [2.45, 2.75) is 33.2 Å². The van der Waals surface area contributed by atoms with Gasteiger partial charge in [0.25, 0.3) is 11.8 Å². The Hall–Kier alpha value is -3.25. The molecule has 1 aliphatic heterocycles. The maximum Gasteiger partial charge on any atom is 0.270 e. The monoisotopic (exact) mass is 417 g/mol. The van der Waals surface area contributed by atoms with E-state index in [2.05, 4.69) is 30.7 Å². The molecule has 2 heterocycles. The quantitative estimate of drug-likeness (QED) is 0.383. The zero-order valence-electron chi connectivity index (χ0n) is 17.2. The molecule has 4 rings (SSSR count). The highest BCUT2D eigenvalue weighted by molar-refractivity contribution is 7.80. The van der Waals surface area contributed by atoms with Gasteiger partial charge in [-0.2, -0.15) is 0 Å². The molecule has 2 aromatic carbocycles. The fourth-order valence-electron chi connectivity index (χ4n) is 3.70. The van der Waals surface area contributed by atoms with Crippen molar-refractivity contribution >= 4 is 51.8 Å². The molecule has 0 aliphatic carbocycles. The summed E-state index contributed by atoms with van der Waals surface area (Å²) in [6.07, 6.45) is 4.55. The lowest BCUT2D eigenvalue weighted by Gasteiger charge is -2.29. The highest BCUT2D eigenvalue weighted by Crippen LogP contribution is 2.28. The average Bonchev–Trinajstić information content (AvgIpc) is 3.10. The number of carbonyl (C=O) groups is 2. The van der Waals surface area contributed by atoms with Crippen molar-refractivity contribution in [3.63, 3.8) is 0 Å². The fraction of sp³-hybridized carbons (Fsp3) is 0.208. The number of carbonyl (C=O) groups excluding carboxylic acids is 2. The van der Waals surface area contributed by atoms with Crippen LogP contribution in [0.1, 0.15) is 37.9 Å². The molecule has 152 valence electrons. The first kappa shape index (κ1) is 20.0. The molecule has 5 nitrogen and oxygen atoms in total. The molecular formula is C24H23N3O2S. The molecule has 30 heavy (non-hydrogen) atoms. The van der Waals surface area contributed by atoms with E-state index in [0.717, 1.165) is 28.5 Å². The van der Waals surface area contributed by atoms with Gasteiger partial charge in [0.1, 0.15) is 5.57 Å².